The highest BCUT2D eigenvalue weighted by atomic mass is 14.7. The van der Waals surface area contributed by atoms with Gasteiger partial charge in [0.05, 0.1) is 5.69 Å². The Kier molecular flexibility index (Phi) is 3.16. The van der Waals surface area contributed by atoms with Crippen LogP contribution in [0.3, 0.4) is 0 Å². The van der Waals surface area contributed by atoms with Crippen molar-refractivity contribution in [1.82, 2.24) is 4.98 Å². The Hall–Kier alpha value is -2.67. The minimum Gasteiger partial charge on any atom is -0.256 e. The van der Waals surface area contributed by atoms with E-state index in [9.17, 15) is 0 Å². The maximum Gasteiger partial charge on any atom is 0.0783 e. The molecule has 1 heterocycles. The van der Waals surface area contributed by atoms with Crippen molar-refractivity contribution in [3.63, 3.8) is 0 Å². The van der Waals surface area contributed by atoms with E-state index < -0.39 is 0 Å². The zero-order chi connectivity index (χ0) is 16.0. The lowest BCUT2D eigenvalue weighted by Crippen LogP contribution is -1.93. The van der Waals surface area contributed by atoms with E-state index in [2.05, 4.69) is 75.4 Å². The molecule has 23 heavy (non-hydrogen) atoms. The first-order valence-corrected chi connectivity index (χ1v) is 8.00. The summed E-state index contributed by atoms with van der Waals surface area (Å²) < 4.78 is 0. The first kappa shape index (κ1) is 14.0. The van der Waals surface area contributed by atoms with Gasteiger partial charge < -0.3 is 0 Å². The minimum absolute atomic E-state index is 1.08. The molecule has 112 valence electrons. The Morgan fingerprint density at radius 3 is 2.43 bits per heavy atom. The first-order valence-electron chi connectivity index (χ1n) is 8.00. The van der Waals surface area contributed by atoms with E-state index in [0.717, 1.165) is 5.69 Å². The third-order valence-electron chi connectivity index (χ3n) is 4.74. The molecule has 1 nitrogen and oxygen atoms in total. The predicted molar refractivity (Wildman–Crippen MR) is 98.9 cm³/mol. The van der Waals surface area contributed by atoms with Gasteiger partial charge in [0.1, 0.15) is 0 Å². The van der Waals surface area contributed by atoms with Crippen molar-refractivity contribution in [1.29, 1.82) is 0 Å². The molecular weight excluding hydrogens is 278 g/mol. The highest BCUT2D eigenvalue weighted by Gasteiger charge is 2.11. The van der Waals surface area contributed by atoms with Gasteiger partial charge in [0.2, 0.25) is 0 Å². The fraction of sp³-hybridized carbons (Fsp3) is 0.136. The second-order valence-electron chi connectivity index (χ2n) is 6.30. The maximum absolute atomic E-state index is 4.73. The first-order chi connectivity index (χ1) is 11.1. The summed E-state index contributed by atoms with van der Waals surface area (Å²) in [6.45, 7) is 6.51. The summed E-state index contributed by atoms with van der Waals surface area (Å²) in [6.07, 6.45) is 1.93. The van der Waals surface area contributed by atoms with Crippen LogP contribution in [0.5, 0.6) is 0 Å². The molecule has 0 unspecified atom stereocenters. The second-order valence-corrected chi connectivity index (χ2v) is 6.30. The Morgan fingerprint density at radius 2 is 1.57 bits per heavy atom. The Balaban J connectivity index is 2.11. The van der Waals surface area contributed by atoms with Gasteiger partial charge >= 0.3 is 0 Å². The fourth-order valence-electron chi connectivity index (χ4n) is 3.44. The molecule has 1 heteroatoms. The van der Waals surface area contributed by atoms with Crippen LogP contribution < -0.4 is 0 Å². The third kappa shape index (κ3) is 2.20. The topological polar surface area (TPSA) is 12.9 Å². The van der Waals surface area contributed by atoms with Gasteiger partial charge in [-0.25, -0.2) is 0 Å². The van der Waals surface area contributed by atoms with Crippen molar-refractivity contribution in [2.24, 2.45) is 0 Å². The lowest BCUT2D eigenvalue weighted by atomic mass is 9.93. The summed E-state index contributed by atoms with van der Waals surface area (Å²) in [5.74, 6) is 0. The van der Waals surface area contributed by atoms with Crippen LogP contribution in [-0.4, -0.2) is 4.98 Å². The van der Waals surface area contributed by atoms with Gasteiger partial charge in [-0.1, -0.05) is 48.0 Å². The van der Waals surface area contributed by atoms with Crippen LogP contribution in [0.4, 0.5) is 0 Å². The molecule has 0 radical (unpaired) electrons. The van der Waals surface area contributed by atoms with E-state index in [1.165, 1.54) is 43.8 Å². The van der Waals surface area contributed by atoms with Crippen LogP contribution in [0.15, 0.2) is 60.8 Å². The van der Waals surface area contributed by atoms with Gasteiger partial charge in [-0.2, -0.15) is 0 Å². The predicted octanol–water partition coefficient (Wildman–Crippen LogP) is 5.98. The molecule has 0 aliphatic rings. The molecular formula is C22H19N. The lowest BCUT2D eigenvalue weighted by Gasteiger charge is -2.13. The Bertz CT molecular complexity index is 1040. The van der Waals surface area contributed by atoms with Gasteiger partial charge in [0.25, 0.3) is 0 Å². The van der Waals surface area contributed by atoms with Gasteiger partial charge in [0, 0.05) is 17.1 Å². The number of fused-ring (bicyclic) bond motifs is 3. The largest absolute Gasteiger partial charge is 0.256 e. The van der Waals surface area contributed by atoms with Crippen LogP contribution in [0.1, 0.15) is 16.7 Å². The molecule has 1 aromatic heterocycles. The molecule has 0 aliphatic heterocycles. The van der Waals surface area contributed by atoms with Gasteiger partial charge in [-0.15, -0.1) is 0 Å². The average Bonchev–Trinajstić information content (AvgIpc) is 2.57. The summed E-state index contributed by atoms with van der Waals surface area (Å²) in [5.41, 5.74) is 6.23. The number of aryl methyl sites for hydroxylation is 2. The minimum atomic E-state index is 1.08. The molecule has 4 rings (SSSR count). The Labute approximate surface area is 136 Å². The summed E-state index contributed by atoms with van der Waals surface area (Å²) >= 11 is 0. The van der Waals surface area contributed by atoms with Crippen molar-refractivity contribution in [2.45, 2.75) is 20.8 Å². The fourth-order valence-corrected chi connectivity index (χ4v) is 3.44. The molecule has 0 atom stereocenters. The zero-order valence-electron chi connectivity index (χ0n) is 13.7. The number of nitrogens with zero attached hydrogens (tertiary/aromatic N) is 1. The Morgan fingerprint density at radius 1 is 0.739 bits per heavy atom. The van der Waals surface area contributed by atoms with Crippen molar-refractivity contribution < 1.29 is 0 Å². The molecule has 0 spiro atoms. The average molecular weight is 297 g/mol. The van der Waals surface area contributed by atoms with E-state index >= 15 is 0 Å². The van der Waals surface area contributed by atoms with E-state index in [-0.39, 0.29) is 0 Å². The van der Waals surface area contributed by atoms with Crippen molar-refractivity contribution in [3.8, 4) is 11.3 Å². The van der Waals surface area contributed by atoms with Crippen LogP contribution in [-0.2, 0) is 0 Å². The zero-order valence-corrected chi connectivity index (χ0v) is 13.7. The normalized spacial score (nSPS) is 11.3. The highest BCUT2D eigenvalue weighted by molar-refractivity contribution is 6.11. The summed E-state index contributed by atoms with van der Waals surface area (Å²) in [5, 5.41) is 5.05. The van der Waals surface area contributed by atoms with Crippen molar-refractivity contribution >= 4 is 21.5 Å². The monoisotopic (exact) mass is 297 g/mol. The van der Waals surface area contributed by atoms with Crippen LogP contribution in [0.25, 0.3) is 32.8 Å². The lowest BCUT2D eigenvalue weighted by molar-refractivity contribution is 1.27. The van der Waals surface area contributed by atoms with Crippen LogP contribution in [0.2, 0.25) is 0 Å². The highest BCUT2D eigenvalue weighted by Crippen LogP contribution is 2.34. The quantitative estimate of drug-likeness (QED) is 0.394. The van der Waals surface area contributed by atoms with E-state index in [1.807, 2.05) is 6.20 Å². The molecule has 0 bridgehead atoms. The number of hydrogen-bond donors (Lipinski definition) is 0. The molecule has 0 saturated carbocycles. The van der Waals surface area contributed by atoms with Gasteiger partial charge in [-0.05, 0) is 60.2 Å². The summed E-state index contributed by atoms with van der Waals surface area (Å²) in [6, 6.07) is 19.6. The number of hydrogen-bond acceptors (Lipinski definition) is 1. The summed E-state index contributed by atoms with van der Waals surface area (Å²) in [4.78, 5) is 4.73. The molecule has 4 aromatic rings. The van der Waals surface area contributed by atoms with Gasteiger partial charge in [0.15, 0.2) is 0 Å². The van der Waals surface area contributed by atoms with E-state index in [0.29, 0.717) is 0 Å². The third-order valence-corrected chi connectivity index (χ3v) is 4.74. The molecule has 0 fully saturated rings. The smallest absolute Gasteiger partial charge is 0.0783 e. The standard InChI is InChI=1S/C22H19N/c1-14-12-15(2)16(3)21(13-14)22-20-9-8-17-6-4-5-7-18(17)19(20)10-11-23-22/h4-13H,1-3H3. The number of rotatable bonds is 1. The molecule has 0 saturated heterocycles. The molecule has 0 amide bonds. The molecule has 0 aliphatic carbocycles. The van der Waals surface area contributed by atoms with Crippen LogP contribution in [0, 0.1) is 20.8 Å². The maximum atomic E-state index is 4.73. The second kappa shape index (κ2) is 5.20. The van der Waals surface area contributed by atoms with Crippen molar-refractivity contribution in [3.05, 3.63) is 77.5 Å². The van der Waals surface area contributed by atoms with E-state index in [1.54, 1.807) is 0 Å². The van der Waals surface area contributed by atoms with Gasteiger partial charge in [-0.3, -0.25) is 4.98 Å². The van der Waals surface area contributed by atoms with E-state index in [4.69, 9.17) is 4.98 Å². The SMILES string of the molecule is Cc1cc(C)c(C)c(-c2nccc3c2ccc2ccccc23)c1. The number of aromatic nitrogens is 1. The van der Waals surface area contributed by atoms with Crippen molar-refractivity contribution in [2.75, 3.05) is 0 Å². The molecule has 0 N–H and O–H groups in total. The van der Waals surface area contributed by atoms with Crippen LogP contribution >= 0.6 is 0 Å². The number of pyridine rings is 1. The summed E-state index contributed by atoms with van der Waals surface area (Å²) in [7, 11) is 0. The number of benzene rings is 3. The molecule has 3 aromatic carbocycles.